The first-order valence-corrected chi connectivity index (χ1v) is 5.82. The Hall–Kier alpha value is -1.38. The molecule has 7 nitrogen and oxygen atoms in total. The van der Waals surface area contributed by atoms with Crippen LogP contribution in [0.25, 0.3) is 0 Å². The van der Waals surface area contributed by atoms with E-state index in [-0.39, 0.29) is 10.6 Å². The number of hydrogen-bond donors (Lipinski definition) is 2. The van der Waals surface area contributed by atoms with E-state index in [0.717, 1.165) is 6.07 Å². The highest BCUT2D eigenvalue weighted by Gasteiger charge is 2.20. The summed E-state index contributed by atoms with van der Waals surface area (Å²) in [5.41, 5.74) is -0.0841. The van der Waals surface area contributed by atoms with Gasteiger partial charge in [0, 0.05) is 27.3 Å². The molecule has 0 saturated heterocycles. The van der Waals surface area contributed by atoms with Gasteiger partial charge in [0.2, 0.25) is 0 Å². The van der Waals surface area contributed by atoms with Crippen LogP contribution >= 0.6 is 0 Å². The Kier molecular flexibility index (Phi) is 3.36. The van der Waals surface area contributed by atoms with Gasteiger partial charge in [-0.05, 0) is 6.07 Å². The molecule has 0 aliphatic rings. The van der Waals surface area contributed by atoms with E-state index in [1.807, 2.05) is 0 Å². The third-order valence-corrected chi connectivity index (χ3v) is 3.26. The van der Waals surface area contributed by atoms with Crippen LogP contribution in [0.4, 0.5) is 0 Å². The number of rotatable bonds is 4. The molecule has 1 aromatic heterocycles. The number of aryl methyl sites for hydroxylation is 1. The highest BCUT2D eigenvalue weighted by atomic mass is 32.2. The smallest absolute Gasteiger partial charge is 0.352 e. The monoisotopic (exact) mass is 247 g/mol. The van der Waals surface area contributed by atoms with Crippen LogP contribution in [0.3, 0.4) is 0 Å². The Morgan fingerprint density at radius 1 is 1.50 bits per heavy atom. The SMILES string of the molecule is CN(C)NS(=O)(=O)c1cc(C(=O)O)n(C)c1. The molecule has 90 valence electrons. The van der Waals surface area contributed by atoms with Crippen molar-refractivity contribution in [1.82, 2.24) is 14.4 Å². The molecule has 0 radical (unpaired) electrons. The number of hydrazine groups is 1. The maximum absolute atomic E-state index is 11.7. The Morgan fingerprint density at radius 3 is 2.44 bits per heavy atom. The zero-order chi connectivity index (χ0) is 12.5. The van der Waals surface area contributed by atoms with Crippen LogP contribution in [0.5, 0.6) is 0 Å². The van der Waals surface area contributed by atoms with E-state index >= 15 is 0 Å². The third-order valence-electron chi connectivity index (χ3n) is 1.81. The molecule has 16 heavy (non-hydrogen) atoms. The zero-order valence-electron chi connectivity index (χ0n) is 9.13. The van der Waals surface area contributed by atoms with Gasteiger partial charge in [-0.25, -0.2) is 18.2 Å². The van der Waals surface area contributed by atoms with Gasteiger partial charge in [-0.15, -0.1) is 4.83 Å². The van der Waals surface area contributed by atoms with Crippen molar-refractivity contribution in [2.75, 3.05) is 14.1 Å². The lowest BCUT2D eigenvalue weighted by atomic mass is 10.4. The summed E-state index contributed by atoms with van der Waals surface area (Å²) in [6, 6.07) is 1.11. The van der Waals surface area contributed by atoms with Crippen molar-refractivity contribution in [1.29, 1.82) is 0 Å². The molecule has 1 heterocycles. The summed E-state index contributed by atoms with van der Waals surface area (Å²) in [6.45, 7) is 0. The minimum atomic E-state index is -3.70. The van der Waals surface area contributed by atoms with Crippen LogP contribution in [0, 0.1) is 0 Å². The molecule has 0 atom stereocenters. The fraction of sp³-hybridized carbons (Fsp3) is 0.375. The molecule has 0 aliphatic carbocycles. The summed E-state index contributed by atoms with van der Waals surface area (Å²) >= 11 is 0. The van der Waals surface area contributed by atoms with E-state index in [4.69, 9.17) is 5.11 Å². The number of aromatic carboxylic acids is 1. The first-order valence-electron chi connectivity index (χ1n) is 4.33. The average molecular weight is 247 g/mol. The normalized spacial score (nSPS) is 12.0. The highest BCUT2D eigenvalue weighted by Crippen LogP contribution is 2.13. The van der Waals surface area contributed by atoms with Gasteiger partial charge < -0.3 is 9.67 Å². The topological polar surface area (TPSA) is 91.6 Å². The van der Waals surface area contributed by atoms with Gasteiger partial charge in [0.25, 0.3) is 10.0 Å². The first kappa shape index (κ1) is 12.7. The maximum atomic E-state index is 11.7. The van der Waals surface area contributed by atoms with Gasteiger partial charge in [-0.3, -0.25) is 0 Å². The number of sulfonamides is 1. The summed E-state index contributed by atoms with van der Waals surface area (Å²) < 4.78 is 24.6. The Labute approximate surface area is 93.3 Å². The van der Waals surface area contributed by atoms with Crippen molar-refractivity contribution < 1.29 is 18.3 Å². The summed E-state index contributed by atoms with van der Waals surface area (Å²) in [5, 5.41) is 10.0. The predicted octanol–water partition coefficient (Wildman–Crippen LogP) is -0.522. The van der Waals surface area contributed by atoms with Gasteiger partial charge in [0.05, 0.1) is 0 Å². The molecule has 0 bridgehead atoms. The summed E-state index contributed by atoms with van der Waals surface area (Å²) in [6.07, 6.45) is 1.25. The van der Waals surface area contributed by atoms with Crippen LogP contribution in [0.1, 0.15) is 10.5 Å². The zero-order valence-corrected chi connectivity index (χ0v) is 9.95. The Bertz CT molecular complexity index is 503. The summed E-state index contributed by atoms with van der Waals surface area (Å²) in [4.78, 5) is 12.9. The van der Waals surface area contributed by atoms with E-state index in [1.165, 1.54) is 36.9 Å². The number of aromatic nitrogens is 1. The maximum Gasteiger partial charge on any atom is 0.352 e. The molecular weight excluding hydrogens is 234 g/mol. The highest BCUT2D eigenvalue weighted by molar-refractivity contribution is 7.89. The molecule has 0 amide bonds. The molecular formula is C8H13N3O4S. The van der Waals surface area contributed by atoms with Crippen LogP contribution in [-0.2, 0) is 17.1 Å². The molecule has 0 fully saturated rings. The van der Waals surface area contributed by atoms with Gasteiger partial charge in [0.1, 0.15) is 10.6 Å². The minimum Gasteiger partial charge on any atom is -0.477 e. The number of hydrogen-bond acceptors (Lipinski definition) is 4. The van der Waals surface area contributed by atoms with Gasteiger partial charge >= 0.3 is 5.97 Å². The van der Waals surface area contributed by atoms with Crippen molar-refractivity contribution in [2.45, 2.75) is 4.90 Å². The standard InChI is InChI=1S/C8H13N3O4S/c1-10(2)9-16(14,15)6-4-7(8(12)13)11(3)5-6/h4-5,9H,1-3H3,(H,12,13). The number of carbonyl (C=O) groups is 1. The number of nitrogens with zero attached hydrogens (tertiary/aromatic N) is 2. The second-order valence-electron chi connectivity index (χ2n) is 3.47. The second kappa shape index (κ2) is 4.24. The number of carboxylic acid groups (broad SMARTS) is 1. The number of nitrogens with one attached hydrogen (secondary N) is 1. The van der Waals surface area contributed by atoms with E-state index in [2.05, 4.69) is 4.83 Å². The van der Waals surface area contributed by atoms with Crippen molar-refractivity contribution in [3.8, 4) is 0 Å². The van der Waals surface area contributed by atoms with Crippen molar-refractivity contribution >= 4 is 16.0 Å². The van der Waals surface area contributed by atoms with Gasteiger partial charge in [-0.2, -0.15) is 0 Å². The first-order chi connectivity index (χ1) is 7.24. The molecule has 2 N–H and O–H groups in total. The molecule has 0 unspecified atom stereocenters. The summed E-state index contributed by atoms with van der Waals surface area (Å²) in [5.74, 6) is -1.17. The largest absolute Gasteiger partial charge is 0.477 e. The van der Waals surface area contributed by atoms with Crippen LogP contribution in [0.2, 0.25) is 0 Å². The van der Waals surface area contributed by atoms with E-state index in [0.29, 0.717) is 0 Å². The molecule has 0 spiro atoms. The Morgan fingerprint density at radius 2 is 2.06 bits per heavy atom. The molecule has 1 aromatic rings. The number of carboxylic acids is 1. The molecule has 0 saturated carbocycles. The average Bonchev–Trinajstić information content (AvgIpc) is 2.45. The molecule has 1 rings (SSSR count). The molecule has 8 heteroatoms. The lowest BCUT2D eigenvalue weighted by molar-refractivity contribution is 0.0686. The molecule has 0 aromatic carbocycles. The van der Waals surface area contributed by atoms with Gasteiger partial charge in [0.15, 0.2) is 0 Å². The fourth-order valence-electron chi connectivity index (χ4n) is 1.19. The van der Waals surface area contributed by atoms with Crippen molar-refractivity contribution in [3.05, 3.63) is 18.0 Å². The quantitative estimate of drug-likeness (QED) is 0.698. The Balaban J connectivity index is 3.15. The third kappa shape index (κ3) is 2.60. The van der Waals surface area contributed by atoms with Crippen LogP contribution in [-0.4, -0.2) is 43.2 Å². The van der Waals surface area contributed by atoms with E-state index in [9.17, 15) is 13.2 Å². The second-order valence-corrected chi connectivity index (χ2v) is 5.13. The fourth-order valence-corrected chi connectivity index (χ4v) is 2.34. The van der Waals surface area contributed by atoms with Crippen molar-refractivity contribution in [2.24, 2.45) is 7.05 Å². The lowest BCUT2D eigenvalue weighted by Gasteiger charge is -2.10. The van der Waals surface area contributed by atoms with E-state index < -0.39 is 16.0 Å². The van der Waals surface area contributed by atoms with Crippen LogP contribution in [0.15, 0.2) is 17.2 Å². The molecule has 0 aliphatic heterocycles. The van der Waals surface area contributed by atoms with Crippen molar-refractivity contribution in [3.63, 3.8) is 0 Å². The minimum absolute atomic E-state index is 0.0823. The predicted molar refractivity (Wildman–Crippen MR) is 56.4 cm³/mol. The lowest BCUT2D eigenvalue weighted by Crippen LogP contribution is -2.35. The van der Waals surface area contributed by atoms with Crippen LogP contribution < -0.4 is 4.83 Å². The van der Waals surface area contributed by atoms with E-state index in [1.54, 1.807) is 0 Å². The summed E-state index contributed by atoms with van der Waals surface area (Å²) in [7, 11) is 0.820. The van der Waals surface area contributed by atoms with Gasteiger partial charge in [-0.1, -0.05) is 0 Å².